The summed E-state index contributed by atoms with van der Waals surface area (Å²) in [6.45, 7) is 0. The van der Waals surface area contributed by atoms with Gasteiger partial charge in [-0.3, -0.25) is 0 Å². The lowest BCUT2D eigenvalue weighted by molar-refractivity contribution is 1.16. The zero-order chi connectivity index (χ0) is 16.2. The number of nitrogens with zero attached hydrogens (tertiary/aromatic N) is 2. The summed E-state index contributed by atoms with van der Waals surface area (Å²) in [6.07, 6.45) is 1.40. The van der Waals surface area contributed by atoms with Crippen LogP contribution in [0.15, 0.2) is 54.9 Å². The molecule has 0 fully saturated rings. The fraction of sp³-hybridized carbons (Fsp3) is 0. The van der Waals surface area contributed by atoms with Gasteiger partial charge in [0, 0.05) is 16.3 Å². The van der Waals surface area contributed by atoms with Gasteiger partial charge in [-0.25, -0.2) is 9.97 Å². The van der Waals surface area contributed by atoms with Gasteiger partial charge in [0.25, 0.3) is 0 Å². The third kappa shape index (κ3) is 3.42. The Hall–Kier alpha value is -3.03. The first kappa shape index (κ1) is 14.9. The molecule has 0 bridgehead atoms. The van der Waals surface area contributed by atoms with Crippen molar-refractivity contribution in [3.63, 3.8) is 0 Å². The van der Waals surface area contributed by atoms with E-state index in [0.29, 0.717) is 27.8 Å². The highest BCUT2D eigenvalue weighted by Crippen LogP contribution is 2.27. The predicted molar refractivity (Wildman–Crippen MR) is 93.7 cm³/mol. The van der Waals surface area contributed by atoms with Gasteiger partial charge in [0.2, 0.25) is 0 Å². The summed E-state index contributed by atoms with van der Waals surface area (Å²) in [7, 11) is 0. The van der Waals surface area contributed by atoms with E-state index < -0.39 is 0 Å². The molecule has 4 nitrogen and oxygen atoms in total. The Labute approximate surface area is 139 Å². The summed E-state index contributed by atoms with van der Waals surface area (Å²) < 4.78 is 0. The van der Waals surface area contributed by atoms with Gasteiger partial charge in [-0.2, -0.15) is 0 Å². The third-order valence-electron chi connectivity index (χ3n) is 3.25. The molecule has 3 aromatic rings. The van der Waals surface area contributed by atoms with Crippen LogP contribution in [0, 0.1) is 11.8 Å². The Morgan fingerprint density at radius 1 is 0.826 bits per heavy atom. The average molecular weight is 321 g/mol. The molecule has 0 aliphatic carbocycles. The van der Waals surface area contributed by atoms with Crippen LogP contribution in [0.1, 0.15) is 11.3 Å². The van der Waals surface area contributed by atoms with Crippen molar-refractivity contribution in [2.75, 3.05) is 11.5 Å². The molecular formula is C18H13ClN4. The lowest BCUT2D eigenvalue weighted by Crippen LogP contribution is -1.99. The van der Waals surface area contributed by atoms with E-state index in [9.17, 15) is 0 Å². The van der Waals surface area contributed by atoms with Crippen LogP contribution < -0.4 is 11.5 Å². The van der Waals surface area contributed by atoms with Gasteiger partial charge >= 0.3 is 0 Å². The summed E-state index contributed by atoms with van der Waals surface area (Å²) in [5.41, 5.74) is 15.4. The van der Waals surface area contributed by atoms with Gasteiger partial charge in [0.15, 0.2) is 0 Å². The lowest BCUT2D eigenvalue weighted by atomic mass is 10.0. The monoisotopic (exact) mass is 320 g/mol. The second-order valence-corrected chi connectivity index (χ2v) is 5.30. The number of halogens is 1. The number of nitrogens with two attached hydrogens (primary N) is 2. The molecule has 1 heterocycles. The molecule has 3 rings (SSSR count). The van der Waals surface area contributed by atoms with Gasteiger partial charge < -0.3 is 11.5 Å². The molecule has 0 aliphatic heterocycles. The van der Waals surface area contributed by atoms with Crippen LogP contribution >= 0.6 is 11.6 Å². The maximum atomic E-state index is 6.01. The summed E-state index contributed by atoms with van der Waals surface area (Å²) in [5, 5.41) is 0.652. The normalized spacial score (nSPS) is 9.96. The molecule has 112 valence electrons. The van der Waals surface area contributed by atoms with Crippen molar-refractivity contribution >= 4 is 23.1 Å². The van der Waals surface area contributed by atoms with Crippen molar-refractivity contribution in [2.45, 2.75) is 0 Å². The van der Waals surface area contributed by atoms with E-state index >= 15 is 0 Å². The maximum absolute atomic E-state index is 6.01. The van der Waals surface area contributed by atoms with Crippen molar-refractivity contribution in [3.8, 4) is 23.0 Å². The highest BCUT2D eigenvalue weighted by Gasteiger charge is 2.10. The van der Waals surface area contributed by atoms with Crippen LogP contribution in [0.5, 0.6) is 0 Å². The molecule has 0 atom stereocenters. The van der Waals surface area contributed by atoms with Crippen LogP contribution in [-0.4, -0.2) is 9.97 Å². The molecule has 4 N–H and O–H groups in total. The Morgan fingerprint density at radius 2 is 1.52 bits per heavy atom. The summed E-state index contributed by atoms with van der Waals surface area (Å²) in [6, 6.07) is 14.6. The van der Waals surface area contributed by atoms with Crippen LogP contribution in [0.3, 0.4) is 0 Å². The van der Waals surface area contributed by atoms with Crippen LogP contribution in [-0.2, 0) is 0 Å². The van der Waals surface area contributed by atoms with E-state index in [1.807, 2.05) is 24.3 Å². The molecule has 0 unspecified atom stereocenters. The SMILES string of the molecule is Nc1ccc(C#Cc2ncnc(N)c2-c2ccc(Cl)cc2)cc1. The standard InChI is InChI=1S/C18H13ClN4/c19-14-6-4-13(5-7-14)17-16(22-11-23-18(17)21)10-3-12-1-8-15(20)9-2-12/h1-2,4-9,11H,20H2,(H2,21,22,23). The van der Waals surface area contributed by atoms with E-state index in [1.54, 1.807) is 24.3 Å². The first-order chi connectivity index (χ1) is 11.1. The van der Waals surface area contributed by atoms with Crippen molar-refractivity contribution in [1.29, 1.82) is 0 Å². The fourth-order valence-electron chi connectivity index (χ4n) is 2.09. The van der Waals surface area contributed by atoms with E-state index in [2.05, 4.69) is 21.8 Å². The van der Waals surface area contributed by atoms with E-state index in [4.69, 9.17) is 23.1 Å². The molecule has 23 heavy (non-hydrogen) atoms. The molecule has 0 aliphatic rings. The highest BCUT2D eigenvalue weighted by atomic mass is 35.5. The Balaban J connectivity index is 2.05. The fourth-order valence-corrected chi connectivity index (χ4v) is 2.22. The second kappa shape index (κ2) is 6.39. The molecule has 0 amide bonds. The second-order valence-electron chi connectivity index (χ2n) is 4.86. The number of rotatable bonds is 1. The van der Waals surface area contributed by atoms with Crippen molar-refractivity contribution < 1.29 is 0 Å². The smallest absolute Gasteiger partial charge is 0.135 e. The molecule has 0 spiro atoms. The molecule has 5 heteroatoms. The largest absolute Gasteiger partial charge is 0.399 e. The number of hydrogen-bond donors (Lipinski definition) is 2. The van der Waals surface area contributed by atoms with Crippen LogP contribution in [0.4, 0.5) is 11.5 Å². The van der Waals surface area contributed by atoms with E-state index in [-0.39, 0.29) is 0 Å². The predicted octanol–water partition coefficient (Wildman–Crippen LogP) is 3.36. The first-order valence-electron chi connectivity index (χ1n) is 6.87. The summed E-state index contributed by atoms with van der Waals surface area (Å²) in [4.78, 5) is 8.30. The van der Waals surface area contributed by atoms with E-state index in [1.165, 1.54) is 6.33 Å². The zero-order valence-corrected chi connectivity index (χ0v) is 12.9. The number of anilines is 2. The zero-order valence-electron chi connectivity index (χ0n) is 12.1. The molecular weight excluding hydrogens is 308 g/mol. The van der Waals surface area contributed by atoms with Crippen molar-refractivity contribution in [3.05, 3.63) is 71.1 Å². The van der Waals surface area contributed by atoms with Gasteiger partial charge in [-0.1, -0.05) is 29.7 Å². The maximum Gasteiger partial charge on any atom is 0.135 e. The molecule has 0 saturated carbocycles. The van der Waals surface area contributed by atoms with Crippen molar-refractivity contribution in [1.82, 2.24) is 9.97 Å². The summed E-state index contributed by atoms with van der Waals surface area (Å²) in [5.74, 6) is 6.49. The Morgan fingerprint density at radius 3 is 2.22 bits per heavy atom. The lowest BCUT2D eigenvalue weighted by Gasteiger charge is -2.06. The van der Waals surface area contributed by atoms with Gasteiger partial charge in [0.1, 0.15) is 17.8 Å². The third-order valence-corrected chi connectivity index (χ3v) is 3.50. The Kier molecular flexibility index (Phi) is 4.13. The molecule has 0 saturated heterocycles. The summed E-state index contributed by atoms with van der Waals surface area (Å²) >= 11 is 5.93. The quantitative estimate of drug-likeness (QED) is 0.532. The van der Waals surface area contributed by atoms with Crippen molar-refractivity contribution in [2.24, 2.45) is 0 Å². The minimum absolute atomic E-state index is 0.379. The van der Waals surface area contributed by atoms with Crippen LogP contribution in [0.2, 0.25) is 5.02 Å². The topological polar surface area (TPSA) is 77.8 Å². The molecule has 1 aromatic heterocycles. The van der Waals surface area contributed by atoms with Gasteiger partial charge in [-0.15, -0.1) is 0 Å². The number of hydrogen-bond acceptors (Lipinski definition) is 4. The first-order valence-corrected chi connectivity index (χ1v) is 7.25. The minimum atomic E-state index is 0.379. The highest BCUT2D eigenvalue weighted by molar-refractivity contribution is 6.30. The molecule has 0 radical (unpaired) electrons. The van der Waals surface area contributed by atoms with Gasteiger partial charge in [-0.05, 0) is 47.9 Å². The minimum Gasteiger partial charge on any atom is -0.399 e. The van der Waals surface area contributed by atoms with E-state index in [0.717, 1.165) is 11.1 Å². The number of aromatic nitrogens is 2. The van der Waals surface area contributed by atoms with Crippen LogP contribution in [0.25, 0.3) is 11.1 Å². The molecule has 2 aromatic carbocycles. The number of benzene rings is 2. The average Bonchev–Trinajstić information content (AvgIpc) is 2.55. The number of nitrogen functional groups attached to an aromatic ring is 2. The van der Waals surface area contributed by atoms with Gasteiger partial charge in [0.05, 0.1) is 5.56 Å². The Bertz CT molecular complexity index is 891.